The number of hydrogen-bond donors (Lipinski definition) is 2. The molecule has 1 aromatic carbocycles. The third kappa shape index (κ3) is 3.54. The van der Waals surface area contributed by atoms with E-state index in [1.807, 2.05) is 29.5 Å². The molecule has 0 radical (unpaired) electrons. The molecule has 1 aromatic rings. The quantitative estimate of drug-likeness (QED) is 0.664. The summed E-state index contributed by atoms with van der Waals surface area (Å²) < 4.78 is 0.726. The second kappa shape index (κ2) is 5.16. The fourth-order valence-electron chi connectivity index (χ4n) is 0.987. The highest BCUT2D eigenvalue weighted by atomic mass is 127. The number of amides is 1. The van der Waals surface area contributed by atoms with E-state index in [0.717, 1.165) is 9.14 Å². The van der Waals surface area contributed by atoms with Crippen LogP contribution in [0.2, 0.25) is 0 Å². The molecule has 3 nitrogen and oxygen atoms in total. The smallest absolute Gasteiger partial charge is 0.251 e. The zero-order valence-electron chi connectivity index (χ0n) is 8.38. The second-order valence-corrected chi connectivity index (χ2v) is 4.47. The van der Waals surface area contributed by atoms with E-state index in [-0.39, 0.29) is 11.7 Å². The van der Waals surface area contributed by atoms with Crippen molar-refractivity contribution in [2.75, 3.05) is 6.54 Å². The Hall–Kier alpha value is -1.04. The number of carbonyl (C=O) groups excluding carboxylic acids is 1. The number of benzene rings is 1. The van der Waals surface area contributed by atoms with E-state index in [2.05, 4.69) is 11.9 Å². The average molecular weight is 317 g/mol. The van der Waals surface area contributed by atoms with E-state index in [1.54, 1.807) is 12.1 Å². The van der Waals surface area contributed by atoms with E-state index in [1.165, 1.54) is 6.07 Å². The summed E-state index contributed by atoms with van der Waals surface area (Å²) in [5.74, 6) is -0.0803. The van der Waals surface area contributed by atoms with Gasteiger partial charge in [0.25, 0.3) is 5.91 Å². The normalized spacial score (nSPS) is 9.73. The lowest BCUT2D eigenvalue weighted by Crippen LogP contribution is -2.24. The van der Waals surface area contributed by atoms with Gasteiger partial charge in [-0.25, -0.2) is 0 Å². The minimum absolute atomic E-state index is 0.124. The summed E-state index contributed by atoms with van der Waals surface area (Å²) in [6.45, 7) is 5.98. The van der Waals surface area contributed by atoms with Crippen LogP contribution in [0.15, 0.2) is 30.4 Å². The SMILES string of the molecule is C=C(C)CNC(=O)c1ccc(I)c(O)c1. The molecule has 0 aliphatic rings. The fourth-order valence-corrected chi connectivity index (χ4v) is 1.32. The standard InChI is InChI=1S/C11H12INO2/c1-7(2)6-13-11(15)8-3-4-9(12)10(14)5-8/h3-5,14H,1,6H2,2H3,(H,13,15). The number of nitrogens with one attached hydrogen (secondary N) is 1. The number of hydrogen-bond acceptors (Lipinski definition) is 2. The average Bonchev–Trinajstić information content (AvgIpc) is 2.18. The molecule has 0 aromatic heterocycles. The fraction of sp³-hybridized carbons (Fsp3) is 0.182. The summed E-state index contributed by atoms with van der Waals surface area (Å²) in [6, 6.07) is 4.83. The van der Waals surface area contributed by atoms with Crippen LogP contribution < -0.4 is 5.32 Å². The Morgan fingerprint density at radius 1 is 1.60 bits per heavy atom. The van der Waals surface area contributed by atoms with E-state index in [4.69, 9.17) is 0 Å². The number of phenolic OH excluding ortho intramolecular Hbond substituents is 1. The Kier molecular flexibility index (Phi) is 4.14. The number of rotatable bonds is 3. The van der Waals surface area contributed by atoms with Crippen molar-refractivity contribution in [1.29, 1.82) is 0 Å². The minimum atomic E-state index is -0.204. The molecule has 0 atom stereocenters. The van der Waals surface area contributed by atoms with Gasteiger partial charge < -0.3 is 10.4 Å². The Labute approximate surface area is 102 Å². The first-order chi connectivity index (χ1) is 7.00. The molecular formula is C11H12INO2. The highest BCUT2D eigenvalue weighted by Crippen LogP contribution is 2.20. The molecular weight excluding hydrogens is 305 g/mol. The van der Waals surface area contributed by atoms with Crippen molar-refractivity contribution in [3.63, 3.8) is 0 Å². The van der Waals surface area contributed by atoms with E-state index < -0.39 is 0 Å². The predicted octanol–water partition coefficient (Wildman–Crippen LogP) is 2.30. The van der Waals surface area contributed by atoms with Crippen LogP contribution in [0.4, 0.5) is 0 Å². The molecule has 0 bridgehead atoms. The maximum atomic E-state index is 11.5. The van der Waals surface area contributed by atoms with Crippen molar-refractivity contribution in [3.05, 3.63) is 39.5 Å². The van der Waals surface area contributed by atoms with E-state index in [0.29, 0.717) is 12.1 Å². The van der Waals surface area contributed by atoms with E-state index in [9.17, 15) is 9.90 Å². The molecule has 0 saturated heterocycles. The van der Waals surface area contributed by atoms with Crippen LogP contribution in [-0.4, -0.2) is 17.6 Å². The maximum absolute atomic E-state index is 11.5. The molecule has 0 saturated carbocycles. The minimum Gasteiger partial charge on any atom is -0.507 e. The molecule has 0 fully saturated rings. The third-order valence-corrected chi connectivity index (χ3v) is 2.67. The van der Waals surface area contributed by atoms with Gasteiger partial charge in [0.1, 0.15) is 5.75 Å². The Bertz CT molecular complexity index is 402. The van der Waals surface area contributed by atoms with Crippen molar-refractivity contribution >= 4 is 28.5 Å². The largest absolute Gasteiger partial charge is 0.507 e. The maximum Gasteiger partial charge on any atom is 0.251 e. The van der Waals surface area contributed by atoms with Crippen LogP contribution >= 0.6 is 22.6 Å². The van der Waals surface area contributed by atoms with Crippen LogP contribution in [0.1, 0.15) is 17.3 Å². The summed E-state index contributed by atoms with van der Waals surface area (Å²) in [4.78, 5) is 11.5. The van der Waals surface area contributed by atoms with Crippen molar-refractivity contribution < 1.29 is 9.90 Å². The lowest BCUT2D eigenvalue weighted by Gasteiger charge is -2.05. The summed E-state index contributed by atoms with van der Waals surface area (Å²) in [6.07, 6.45) is 0. The highest BCUT2D eigenvalue weighted by Gasteiger charge is 2.07. The first-order valence-corrected chi connectivity index (χ1v) is 5.49. The van der Waals surface area contributed by atoms with Gasteiger partial charge in [-0.2, -0.15) is 0 Å². The molecule has 0 spiro atoms. The lowest BCUT2D eigenvalue weighted by atomic mass is 10.2. The van der Waals surface area contributed by atoms with Gasteiger partial charge in [-0.1, -0.05) is 12.2 Å². The zero-order chi connectivity index (χ0) is 11.4. The van der Waals surface area contributed by atoms with Crippen LogP contribution in [0.3, 0.4) is 0 Å². The first kappa shape index (κ1) is 12.0. The van der Waals surface area contributed by atoms with Gasteiger partial charge in [0.2, 0.25) is 0 Å². The Balaban J connectivity index is 2.74. The molecule has 2 N–H and O–H groups in total. The van der Waals surface area contributed by atoms with Gasteiger partial charge in [-0.15, -0.1) is 0 Å². The number of carbonyl (C=O) groups is 1. The van der Waals surface area contributed by atoms with Crippen LogP contribution in [0.5, 0.6) is 5.75 Å². The lowest BCUT2D eigenvalue weighted by molar-refractivity contribution is 0.0956. The van der Waals surface area contributed by atoms with Crippen LogP contribution in [0, 0.1) is 3.57 Å². The van der Waals surface area contributed by atoms with E-state index >= 15 is 0 Å². The number of aromatic hydroxyl groups is 1. The molecule has 4 heteroatoms. The van der Waals surface area contributed by atoms with Crippen molar-refractivity contribution in [1.82, 2.24) is 5.32 Å². The monoisotopic (exact) mass is 317 g/mol. The summed E-state index contributed by atoms with van der Waals surface area (Å²) in [5, 5.41) is 12.1. The van der Waals surface area contributed by atoms with Gasteiger partial charge in [0.05, 0.1) is 3.57 Å². The molecule has 0 aliphatic heterocycles. The number of phenols is 1. The Morgan fingerprint density at radius 3 is 2.80 bits per heavy atom. The predicted molar refractivity (Wildman–Crippen MR) is 68.0 cm³/mol. The Morgan fingerprint density at radius 2 is 2.27 bits per heavy atom. The van der Waals surface area contributed by atoms with Gasteiger partial charge in [-0.3, -0.25) is 4.79 Å². The summed E-state index contributed by atoms with van der Waals surface area (Å²) in [5.41, 5.74) is 1.34. The number of halogens is 1. The van der Waals surface area contributed by atoms with Gasteiger partial charge in [0, 0.05) is 12.1 Å². The topological polar surface area (TPSA) is 49.3 Å². The second-order valence-electron chi connectivity index (χ2n) is 3.31. The molecule has 1 amide bonds. The van der Waals surface area contributed by atoms with Gasteiger partial charge in [0.15, 0.2) is 0 Å². The first-order valence-electron chi connectivity index (χ1n) is 4.42. The van der Waals surface area contributed by atoms with Gasteiger partial charge in [-0.05, 0) is 47.7 Å². The molecule has 15 heavy (non-hydrogen) atoms. The summed E-state index contributed by atoms with van der Waals surface area (Å²) in [7, 11) is 0. The van der Waals surface area contributed by atoms with Crippen LogP contribution in [0.25, 0.3) is 0 Å². The van der Waals surface area contributed by atoms with Crippen molar-refractivity contribution in [3.8, 4) is 5.75 Å². The summed E-state index contributed by atoms with van der Waals surface area (Å²) >= 11 is 2.00. The molecule has 0 heterocycles. The molecule has 0 aliphatic carbocycles. The molecule has 0 unspecified atom stereocenters. The van der Waals surface area contributed by atoms with Gasteiger partial charge >= 0.3 is 0 Å². The van der Waals surface area contributed by atoms with Crippen molar-refractivity contribution in [2.45, 2.75) is 6.92 Å². The molecule has 1 rings (SSSR count). The van der Waals surface area contributed by atoms with Crippen molar-refractivity contribution in [2.24, 2.45) is 0 Å². The third-order valence-electron chi connectivity index (χ3n) is 1.76. The highest BCUT2D eigenvalue weighted by molar-refractivity contribution is 14.1. The zero-order valence-corrected chi connectivity index (χ0v) is 10.5. The van der Waals surface area contributed by atoms with Crippen LogP contribution in [-0.2, 0) is 0 Å². The molecule has 80 valence electrons.